The van der Waals surface area contributed by atoms with Gasteiger partial charge in [-0.3, -0.25) is 4.79 Å². The van der Waals surface area contributed by atoms with Crippen molar-refractivity contribution < 1.29 is 28.5 Å². The van der Waals surface area contributed by atoms with E-state index in [1.807, 2.05) is 0 Å². The molecule has 0 amide bonds. The van der Waals surface area contributed by atoms with Gasteiger partial charge in [-0.1, -0.05) is 18.1 Å². The van der Waals surface area contributed by atoms with E-state index in [4.69, 9.17) is 23.7 Å². The highest BCUT2D eigenvalue weighted by molar-refractivity contribution is 5.66. The predicted octanol–water partition coefficient (Wildman–Crippen LogP) is 3.98. The number of fused-ring (bicyclic) bond motifs is 5. The summed E-state index contributed by atoms with van der Waals surface area (Å²) in [5, 5.41) is 0. The molecule has 6 nitrogen and oxygen atoms in total. The zero-order valence-corrected chi connectivity index (χ0v) is 18.8. The summed E-state index contributed by atoms with van der Waals surface area (Å²) in [6.45, 7) is 5.20. The zero-order valence-electron chi connectivity index (χ0n) is 18.8. The third-order valence-corrected chi connectivity index (χ3v) is 9.19. The Morgan fingerprint density at radius 1 is 1.07 bits per heavy atom. The molecule has 0 aromatic rings. The molecule has 5 atom stereocenters. The van der Waals surface area contributed by atoms with Gasteiger partial charge in [-0.25, -0.2) is 0 Å². The van der Waals surface area contributed by atoms with E-state index in [0.29, 0.717) is 31.0 Å². The molecule has 2 saturated carbocycles. The molecule has 5 aliphatic rings. The summed E-state index contributed by atoms with van der Waals surface area (Å²) >= 11 is 0. The van der Waals surface area contributed by atoms with E-state index >= 15 is 0 Å². The fourth-order valence-corrected chi connectivity index (χ4v) is 7.87. The molecule has 1 spiro atoms. The summed E-state index contributed by atoms with van der Waals surface area (Å²) in [4.78, 5) is 12.1. The quantitative estimate of drug-likeness (QED) is 0.391. The van der Waals surface area contributed by atoms with Crippen molar-refractivity contribution in [3.63, 3.8) is 0 Å². The van der Waals surface area contributed by atoms with Gasteiger partial charge in [0.2, 0.25) is 0 Å². The van der Waals surface area contributed by atoms with Crippen molar-refractivity contribution in [2.45, 2.75) is 82.9 Å². The SMILES string of the molecule is COC1(OC)CCC2=C(CC[C@@H]3[C@@H]2[C@@H](OC(C)=O)C[C@@]2(C)[C@H]3CCC23OCCO3)C1. The Balaban J connectivity index is 1.52. The first-order valence-electron chi connectivity index (χ1n) is 11.6. The lowest BCUT2D eigenvalue weighted by Gasteiger charge is -2.56. The van der Waals surface area contributed by atoms with Crippen molar-refractivity contribution in [1.29, 1.82) is 0 Å². The van der Waals surface area contributed by atoms with E-state index in [0.717, 1.165) is 51.4 Å². The van der Waals surface area contributed by atoms with Crippen LogP contribution < -0.4 is 0 Å². The molecular weight excluding hydrogens is 384 g/mol. The summed E-state index contributed by atoms with van der Waals surface area (Å²) in [7, 11) is 3.49. The van der Waals surface area contributed by atoms with Crippen LogP contribution in [0.5, 0.6) is 0 Å². The Labute approximate surface area is 179 Å². The molecule has 168 valence electrons. The molecule has 1 saturated heterocycles. The average molecular weight is 421 g/mol. The standard InChI is InChI=1S/C24H36O6/c1-15(25)30-20-14-22(2)19(8-10-24(22)28-11-12-29-24)18-6-5-16-13-23(26-3,27-4)9-7-17(16)21(18)20/h18-21H,5-14H2,1-4H3/t18-,19-,20-,21+,22-/m0/s1. The van der Waals surface area contributed by atoms with Crippen LogP contribution in [-0.4, -0.2) is 51.1 Å². The topological polar surface area (TPSA) is 63.2 Å². The molecule has 1 heterocycles. The van der Waals surface area contributed by atoms with E-state index < -0.39 is 11.6 Å². The molecule has 4 aliphatic carbocycles. The summed E-state index contributed by atoms with van der Waals surface area (Å²) < 4.78 is 30.1. The van der Waals surface area contributed by atoms with Crippen LogP contribution in [0.1, 0.15) is 65.2 Å². The fourth-order valence-electron chi connectivity index (χ4n) is 7.87. The lowest BCUT2D eigenvalue weighted by atomic mass is 9.52. The largest absolute Gasteiger partial charge is 0.462 e. The first-order chi connectivity index (χ1) is 14.4. The van der Waals surface area contributed by atoms with E-state index in [-0.39, 0.29) is 17.5 Å². The van der Waals surface area contributed by atoms with Gasteiger partial charge in [-0.15, -0.1) is 0 Å². The van der Waals surface area contributed by atoms with Gasteiger partial charge < -0.3 is 23.7 Å². The number of carbonyl (C=O) groups excluding carboxylic acids is 1. The van der Waals surface area contributed by atoms with Gasteiger partial charge in [0.1, 0.15) is 6.10 Å². The normalized spacial score (nSPS) is 41.3. The highest BCUT2D eigenvalue weighted by Gasteiger charge is 2.67. The Hall–Kier alpha value is -0.950. The van der Waals surface area contributed by atoms with E-state index in [1.165, 1.54) is 18.1 Å². The molecule has 6 heteroatoms. The van der Waals surface area contributed by atoms with Crippen molar-refractivity contribution >= 4 is 5.97 Å². The maximum absolute atomic E-state index is 12.1. The molecule has 0 bridgehead atoms. The number of esters is 1. The van der Waals surface area contributed by atoms with Gasteiger partial charge >= 0.3 is 5.97 Å². The minimum Gasteiger partial charge on any atom is -0.462 e. The number of ether oxygens (including phenoxy) is 5. The molecule has 0 radical (unpaired) electrons. The van der Waals surface area contributed by atoms with Crippen molar-refractivity contribution in [2.75, 3.05) is 27.4 Å². The van der Waals surface area contributed by atoms with Crippen molar-refractivity contribution in [2.24, 2.45) is 23.2 Å². The fraction of sp³-hybridized carbons (Fsp3) is 0.875. The molecule has 5 rings (SSSR count). The second kappa shape index (κ2) is 7.29. The van der Waals surface area contributed by atoms with Crippen LogP contribution >= 0.6 is 0 Å². The Morgan fingerprint density at radius 3 is 2.47 bits per heavy atom. The Morgan fingerprint density at radius 2 is 1.80 bits per heavy atom. The number of rotatable bonds is 3. The van der Waals surface area contributed by atoms with Crippen LogP contribution in [0.25, 0.3) is 0 Å². The monoisotopic (exact) mass is 420 g/mol. The average Bonchev–Trinajstić information content (AvgIpc) is 3.33. The smallest absolute Gasteiger partial charge is 0.302 e. The molecule has 0 unspecified atom stereocenters. The van der Waals surface area contributed by atoms with Gasteiger partial charge in [0, 0.05) is 51.7 Å². The van der Waals surface area contributed by atoms with Crippen LogP contribution in [0, 0.1) is 23.2 Å². The van der Waals surface area contributed by atoms with Crippen LogP contribution in [0.3, 0.4) is 0 Å². The van der Waals surface area contributed by atoms with Gasteiger partial charge in [-0.05, 0) is 43.9 Å². The number of carbonyl (C=O) groups is 1. The van der Waals surface area contributed by atoms with Gasteiger partial charge in [-0.2, -0.15) is 0 Å². The van der Waals surface area contributed by atoms with Crippen molar-refractivity contribution in [3.8, 4) is 0 Å². The van der Waals surface area contributed by atoms with E-state index in [9.17, 15) is 4.79 Å². The Kier molecular flexibility index (Phi) is 5.09. The summed E-state index contributed by atoms with van der Waals surface area (Å²) in [6.07, 6.45) is 7.63. The zero-order chi connectivity index (χ0) is 21.1. The lowest BCUT2D eigenvalue weighted by Crippen LogP contribution is -2.57. The molecule has 0 N–H and O–H groups in total. The molecule has 0 aromatic heterocycles. The van der Waals surface area contributed by atoms with Gasteiger partial charge in [0.25, 0.3) is 0 Å². The molecule has 1 aliphatic heterocycles. The Bertz CT molecular complexity index is 734. The molecule has 30 heavy (non-hydrogen) atoms. The maximum atomic E-state index is 12.1. The molecule has 0 aromatic carbocycles. The van der Waals surface area contributed by atoms with E-state index in [1.54, 1.807) is 14.2 Å². The maximum Gasteiger partial charge on any atom is 0.302 e. The summed E-state index contributed by atoms with van der Waals surface area (Å²) in [5.41, 5.74) is 2.87. The third kappa shape index (κ3) is 2.86. The molecular formula is C24H36O6. The minimum atomic E-state index is -0.505. The van der Waals surface area contributed by atoms with Crippen molar-refractivity contribution in [1.82, 2.24) is 0 Å². The lowest BCUT2D eigenvalue weighted by molar-refractivity contribution is -0.252. The second-order valence-corrected chi connectivity index (χ2v) is 10.2. The second-order valence-electron chi connectivity index (χ2n) is 10.2. The first kappa shape index (κ1) is 20.9. The van der Waals surface area contributed by atoms with Gasteiger partial charge in [0.15, 0.2) is 11.6 Å². The number of hydrogen-bond acceptors (Lipinski definition) is 6. The summed E-state index contributed by atoms with van der Waals surface area (Å²) in [6, 6.07) is 0. The van der Waals surface area contributed by atoms with E-state index in [2.05, 4.69) is 6.92 Å². The third-order valence-electron chi connectivity index (χ3n) is 9.19. The highest BCUT2D eigenvalue weighted by atomic mass is 16.7. The van der Waals surface area contributed by atoms with Crippen LogP contribution in [0.4, 0.5) is 0 Å². The van der Waals surface area contributed by atoms with Crippen molar-refractivity contribution in [3.05, 3.63) is 11.1 Å². The molecule has 3 fully saturated rings. The van der Waals surface area contributed by atoms with Crippen LogP contribution in [-0.2, 0) is 28.5 Å². The van der Waals surface area contributed by atoms with Crippen LogP contribution in [0.15, 0.2) is 11.1 Å². The first-order valence-corrected chi connectivity index (χ1v) is 11.6. The highest BCUT2D eigenvalue weighted by Crippen LogP contribution is 2.67. The van der Waals surface area contributed by atoms with Crippen LogP contribution in [0.2, 0.25) is 0 Å². The summed E-state index contributed by atoms with van der Waals surface area (Å²) in [5.74, 6) is 0.166. The van der Waals surface area contributed by atoms with Gasteiger partial charge in [0.05, 0.1) is 13.2 Å². The predicted molar refractivity (Wildman–Crippen MR) is 109 cm³/mol. The number of methoxy groups -OCH3 is 2. The number of hydrogen-bond donors (Lipinski definition) is 0. The minimum absolute atomic E-state index is 0.111.